The Labute approximate surface area is 555 Å². The normalized spacial score (nSPS) is 15.9. The number of rotatable bonds is 26. The van der Waals surface area contributed by atoms with Crippen LogP contribution in [-0.2, 0) is 67.7 Å². The first-order valence-corrected chi connectivity index (χ1v) is 31.2. The Morgan fingerprint density at radius 2 is 0.989 bits per heavy atom. The fourth-order valence-electron chi connectivity index (χ4n) is 12.0. The van der Waals surface area contributed by atoms with Gasteiger partial charge in [0.1, 0.15) is 23.0 Å². The molecule has 496 valence electrons. The van der Waals surface area contributed by atoms with Gasteiger partial charge in [-0.2, -0.15) is 4.80 Å². The highest BCUT2D eigenvalue weighted by Crippen LogP contribution is 2.50. The van der Waals surface area contributed by atoms with Crippen molar-refractivity contribution in [3.05, 3.63) is 164 Å². The molecule has 94 heavy (non-hydrogen) atoms. The van der Waals surface area contributed by atoms with Gasteiger partial charge in [0.2, 0.25) is 11.8 Å². The van der Waals surface area contributed by atoms with Crippen LogP contribution in [-0.4, -0.2) is 134 Å². The number of anilines is 2. The summed E-state index contributed by atoms with van der Waals surface area (Å²) in [4.78, 5) is 58.4. The minimum atomic E-state index is -0.601. The number of aromatic nitrogens is 8. The lowest BCUT2D eigenvalue weighted by atomic mass is 9.83. The third-order valence-corrected chi connectivity index (χ3v) is 16.9. The number of benzene rings is 6. The summed E-state index contributed by atoms with van der Waals surface area (Å²) < 4.78 is 56.9. The zero-order chi connectivity index (χ0) is 67.0. The van der Waals surface area contributed by atoms with Crippen LogP contribution in [0.15, 0.2) is 109 Å². The highest BCUT2D eigenvalue weighted by molar-refractivity contribution is 6.31. The van der Waals surface area contributed by atoms with E-state index in [1.54, 1.807) is 109 Å². The van der Waals surface area contributed by atoms with Gasteiger partial charge in [0.05, 0.1) is 121 Å². The molecule has 4 heterocycles. The van der Waals surface area contributed by atoms with Crippen molar-refractivity contribution < 1.29 is 66.5 Å². The van der Waals surface area contributed by atoms with Crippen molar-refractivity contribution in [2.24, 2.45) is 11.8 Å². The van der Waals surface area contributed by atoms with Crippen LogP contribution in [0.1, 0.15) is 96.4 Å². The number of carbonyl (C=O) groups is 4. The van der Waals surface area contributed by atoms with E-state index in [1.807, 2.05) is 84.9 Å². The van der Waals surface area contributed by atoms with Crippen LogP contribution in [0, 0.1) is 11.8 Å². The molecule has 2 aliphatic rings. The van der Waals surface area contributed by atoms with Gasteiger partial charge in [-0.15, -0.1) is 15.3 Å². The molecule has 0 spiro atoms. The molecule has 0 saturated heterocycles. The Bertz CT molecular complexity index is 3960. The average molecular weight is 1330 g/mol. The van der Waals surface area contributed by atoms with E-state index < -0.39 is 11.8 Å². The molecule has 26 heteroatoms. The van der Waals surface area contributed by atoms with E-state index in [4.69, 9.17) is 70.6 Å². The number of amides is 2. The number of tetrazole rings is 2. The SMILES string of the molecule is CCOC(=O)CCc1nnn(CC2CC(c3cccc(OC)c3OC)c3cc(Cl)ccc3N(Cc3ccc(OC)cc3OC)C2=O)n1.CCOC(=O)CCc1nnnn1CC1CC(c2cccc(OC)c2OC)c2cc(Cl)ccc2N(Cc2ccc(OC)cc2OC)C1=O. The molecule has 2 aliphatic heterocycles. The minimum absolute atomic E-state index is 0.115. The molecule has 4 atom stereocenters. The Morgan fingerprint density at radius 1 is 0.511 bits per heavy atom. The Morgan fingerprint density at radius 3 is 1.45 bits per heavy atom. The predicted octanol–water partition coefficient (Wildman–Crippen LogP) is 10.5. The number of hydrogen-bond donors (Lipinski definition) is 0. The summed E-state index contributed by atoms with van der Waals surface area (Å²) in [7, 11) is 12.7. The van der Waals surface area contributed by atoms with Gasteiger partial charge in [-0.3, -0.25) is 19.2 Å². The second-order valence-corrected chi connectivity index (χ2v) is 22.8. The van der Waals surface area contributed by atoms with Gasteiger partial charge in [-0.05, 0) is 126 Å². The number of aryl methyl sites for hydroxylation is 2. The smallest absolute Gasteiger partial charge is 0.306 e. The van der Waals surface area contributed by atoms with E-state index in [9.17, 15) is 19.2 Å². The summed E-state index contributed by atoms with van der Waals surface area (Å²) >= 11 is 13.3. The summed E-state index contributed by atoms with van der Waals surface area (Å²) in [5.74, 6) is 2.80. The van der Waals surface area contributed by atoms with E-state index in [0.717, 1.165) is 33.4 Å². The van der Waals surface area contributed by atoms with E-state index >= 15 is 0 Å². The number of para-hydroxylation sites is 2. The molecule has 0 saturated carbocycles. The number of ether oxygens (including phenoxy) is 10. The quantitative estimate of drug-likeness (QED) is 0.0457. The molecule has 10 rings (SSSR count). The molecule has 2 aromatic heterocycles. The van der Waals surface area contributed by atoms with Crippen molar-refractivity contribution in [1.82, 2.24) is 40.4 Å². The summed E-state index contributed by atoms with van der Waals surface area (Å²) in [6, 6.07) is 33.5. The largest absolute Gasteiger partial charge is 0.497 e. The molecule has 24 nitrogen and oxygen atoms in total. The molecule has 2 amide bonds. The lowest BCUT2D eigenvalue weighted by molar-refractivity contribution is -0.144. The zero-order valence-electron chi connectivity index (χ0n) is 54.1. The summed E-state index contributed by atoms with van der Waals surface area (Å²) in [5.41, 5.74) is 6.39. The standard InChI is InChI=1S/2C34H38ClN5O7/c1-6-47-32(41)15-14-31-36-37-38-40(31)20-22-16-26(25-8-7-9-29(44-3)33(25)46-5)27-17-23(35)11-13-28(27)39(34(22)42)19-21-10-12-24(43-2)18-30(21)45-4;1-6-47-32(41)15-14-31-36-38-40(37-31)20-22-16-26(25-8-7-9-29(44-3)33(25)46-5)27-17-23(35)11-13-28(27)39(34(22)42)19-21-10-12-24(43-2)18-30(21)45-4/h2*7-13,17-18,22,26H,6,14-16,19-20H2,1-5H3. The van der Waals surface area contributed by atoms with Crippen molar-refractivity contribution in [2.75, 3.05) is 79.9 Å². The lowest BCUT2D eigenvalue weighted by Crippen LogP contribution is -2.37. The Kier molecular flexibility index (Phi) is 23.6. The van der Waals surface area contributed by atoms with Crippen molar-refractivity contribution in [3.63, 3.8) is 0 Å². The number of fused-ring (bicyclic) bond motifs is 2. The molecule has 6 aromatic carbocycles. The summed E-state index contributed by atoms with van der Waals surface area (Å²) in [5, 5.41) is 26.2. The fourth-order valence-corrected chi connectivity index (χ4v) is 12.4. The van der Waals surface area contributed by atoms with E-state index in [1.165, 1.54) is 4.80 Å². The highest BCUT2D eigenvalue weighted by atomic mass is 35.5. The van der Waals surface area contributed by atoms with Crippen molar-refractivity contribution in [1.29, 1.82) is 0 Å². The molecule has 0 aliphatic carbocycles. The third-order valence-electron chi connectivity index (χ3n) is 16.4. The molecule has 4 unspecified atom stereocenters. The topological polar surface area (TPSA) is 254 Å². The summed E-state index contributed by atoms with van der Waals surface area (Å²) in [6.45, 7) is 4.84. The van der Waals surface area contributed by atoms with Gasteiger partial charge in [0.25, 0.3) is 0 Å². The van der Waals surface area contributed by atoms with Gasteiger partial charge in [0.15, 0.2) is 34.6 Å². The number of methoxy groups -OCH3 is 8. The Balaban J connectivity index is 0.000000221. The first kappa shape index (κ1) is 68.7. The maximum absolute atomic E-state index is 14.8. The van der Waals surface area contributed by atoms with Gasteiger partial charge in [0, 0.05) is 80.5 Å². The van der Waals surface area contributed by atoms with Gasteiger partial charge < -0.3 is 57.2 Å². The number of halogens is 2. The molecular weight excluding hydrogens is 1250 g/mol. The first-order valence-electron chi connectivity index (χ1n) is 30.5. The Hall–Kier alpha value is -9.68. The fraction of sp³-hybridized carbons (Fsp3) is 0.382. The van der Waals surface area contributed by atoms with Gasteiger partial charge in [-0.25, -0.2) is 4.68 Å². The number of carbonyl (C=O) groups excluding carboxylic acids is 4. The van der Waals surface area contributed by atoms with Crippen LogP contribution in [0.5, 0.6) is 46.0 Å². The second kappa shape index (κ2) is 32.2. The van der Waals surface area contributed by atoms with Crippen LogP contribution < -0.4 is 47.7 Å². The van der Waals surface area contributed by atoms with Crippen LogP contribution in [0.2, 0.25) is 10.0 Å². The van der Waals surface area contributed by atoms with Crippen molar-refractivity contribution in [2.45, 2.75) is 90.4 Å². The number of esters is 2. The summed E-state index contributed by atoms with van der Waals surface area (Å²) in [6.07, 6.45) is 1.54. The van der Waals surface area contributed by atoms with E-state index in [0.29, 0.717) is 98.5 Å². The second-order valence-electron chi connectivity index (χ2n) is 21.9. The number of hydrogen-bond acceptors (Lipinski definition) is 20. The highest BCUT2D eigenvalue weighted by Gasteiger charge is 2.41. The van der Waals surface area contributed by atoms with Gasteiger partial charge >= 0.3 is 11.9 Å². The first-order chi connectivity index (χ1) is 45.6. The number of nitrogens with zero attached hydrogens (tertiary/aromatic N) is 10. The van der Waals surface area contributed by atoms with Crippen LogP contribution in [0.3, 0.4) is 0 Å². The van der Waals surface area contributed by atoms with Crippen molar-refractivity contribution >= 4 is 58.3 Å². The molecule has 0 fully saturated rings. The molecule has 0 bridgehead atoms. The minimum Gasteiger partial charge on any atom is -0.497 e. The van der Waals surface area contributed by atoms with Crippen LogP contribution >= 0.6 is 23.2 Å². The third kappa shape index (κ3) is 15.9. The van der Waals surface area contributed by atoms with Crippen molar-refractivity contribution in [3.8, 4) is 46.0 Å². The van der Waals surface area contributed by atoms with Gasteiger partial charge in [-0.1, -0.05) is 47.5 Å². The molecule has 0 N–H and O–H groups in total. The zero-order valence-corrected chi connectivity index (χ0v) is 55.6. The van der Waals surface area contributed by atoms with Crippen LogP contribution in [0.4, 0.5) is 11.4 Å². The van der Waals surface area contributed by atoms with E-state index in [2.05, 4.69) is 30.9 Å². The maximum Gasteiger partial charge on any atom is 0.306 e. The molecule has 0 radical (unpaired) electrons. The molecule has 8 aromatic rings. The van der Waals surface area contributed by atoms with Crippen LogP contribution in [0.25, 0.3) is 0 Å². The maximum atomic E-state index is 14.8. The lowest BCUT2D eigenvalue weighted by Gasteiger charge is -2.27. The monoisotopic (exact) mass is 1330 g/mol. The molecular formula is C68H76Cl2N10O14. The average Bonchev–Trinajstić information content (AvgIpc) is 1.56. The van der Waals surface area contributed by atoms with E-state index in [-0.39, 0.29) is 94.1 Å². The predicted molar refractivity (Wildman–Crippen MR) is 349 cm³/mol.